The molecule has 0 aromatic heterocycles. The van der Waals surface area contributed by atoms with Gasteiger partial charge in [-0.2, -0.15) is 0 Å². The maximum Gasteiger partial charge on any atom is 0.303 e. The van der Waals surface area contributed by atoms with Crippen LogP contribution < -0.4 is 0 Å². The summed E-state index contributed by atoms with van der Waals surface area (Å²) in [5.41, 5.74) is 0. The lowest BCUT2D eigenvalue weighted by atomic mass is 9.87. The first-order chi connectivity index (χ1) is 10.1. The third-order valence-electron chi connectivity index (χ3n) is 4.11. The van der Waals surface area contributed by atoms with Gasteiger partial charge in [0.15, 0.2) is 5.78 Å². The average Bonchev–Trinajstić information content (AvgIpc) is 2.79. The molecule has 2 atom stereocenters. The van der Waals surface area contributed by atoms with Crippen molar-refractivity contribution in [3.05, 3.63) is 24.3 Å². The van der Waals surface area contributed by atoms with Crippen LogP contribution in [0.1, 0.15) is 64.7 Å². The fraction of sp³-hybridized carbons (Fsp3) is 0.667. The van der Waals surface area contributed by atoms with Gasteiger partial charge in [-0.25, -0.2) is 0 Å². The SMILES string of the molecule is CC/C=C\C[C@@H]1C(=O)C=C[C@@H]1CCCCCCCC(=O)O. The van der Waals surface area contributed by atoms with E-state index in [4.69, 9.17) is 5.11 Å². The Morgan fingerprint density at radius 3 is 2.62 bits per heavy atom. The minimum absolute atomic E-state index is 0.153. The van der Waals surface area contributed by atoms with Crippen LogP contribution >= 0.6 is 0 Å². The molecule has 1 aliphatic carbocycles. The summed E-state index contributed by atoms with van der Waals surface area (Å²) in [6.07, 6.45) is 16.5. The maximum absolute atomic E-state index is 11.8. The number of aliphatic carboxylic acids is 1. The molecular weight excluding hydrogens is 264 g/mol. The van der Waals surface area contributed by atoms with Gasteiger partial charge >= 0.3 is 5.97 Å². The number of carbonyl (C=O) groups is 2. The molecule has 3 nitrogen and oxygen atoms in total. The molecule has 0 amide bonds. The fourth-order valence-corrected chi connectivity index (χ4v) is 2.87. The van der Waals surface area contributed by atoms with E-state index >= 15 is 0 Å². The zero-order valence-electron chi connectivity index (χ0n) is 13.1. The molecular formula is C18H28O3. The Kier molecular flexibility index (Phi) is 8.72. The molecule has 0 saturated carbocycles. The van der Waals surface area contributed by atoms with Crippen LogP contribution in [0.4, 0.5) is 0 Å². The molecule has 0 heterocycles. The Labute approximate surface area is 128 Å². The largest absolute Gasteiger partial charge is 0.481 e. The molecule has 0 fully saturated rings. The van der Waals surface area contributed by atoms with Gasteiger partial charge in [0, 0.05) is 12.3 Å². The van der Waals surface area contributed by atoms with Crippen molar-refractivity contribution in [2.75, 3.05) is 0 Å². The van der Waals surface area contributed by atoms with E-state index in [-0.39, 0.29) is 18.1 Å². The number of carbonyl (C=O) groups excluding carboxylic acids is 1. The summed E-state index contributed by atoms with van der Waals surface area (Å²) in [7, 11) is 0. The van der Waals surface area contributed by atoms with Crippen LogP contribution in [0.15, 0.2) is 24.3 Å². The second kappa shape index (κ2) is 10.4. The average molecular weight is 292 g/mol. The molecule has 0 aliphatic heterocycles. The minimum atomic E-state index is -0.701. The number of ketones is 1. The second-order valence-corrected chi connectivity index (χ2v) is 5.85. The smallest absolute Gasteiger partial charge is 0.303 e. The highest BCUT2D eigenvalue weighted by Gasteiger charge is 2.28. The molecule has 1 rings (SSSR count). The van der Waals surface area contributed by atoms with E-state index in [2.05, 4.69) is 25.2 Å². The lowest BCUT2D eigenvalue weighted by molar-refractivity contribution is -0.137. The Balaban J connectivity index is 2.15. The van der Waals surface area contributed by atoms with E-state index in [1.807, 2.05) is 0 Å². The lowest BCUT2D eigenvalue weighted by Crippen LogP contribution is -2.15. The third-order valence-corrected chi connectivity index (χ3v) is 4.11. The molecule has 0 aromatic carbocycles. The zero-order valence-corrected chi connectivity index (χ0v) is 13.1. The van der Waals surface area contributed by atoms with Crippen LogP contribution in [-0.4, -0.2) is 16.9 Å². The van der Waals surface area contributed by atoms with Crippen LogP contribution in [-0.2, 0) is 9.59 Å². The molecule has 0 aromatic rings. The number of allylic oxidation sites excluding steroid dienone is 4. The first kappa shape index (κ1) is 17.7. The van der Waals surface area contributed by atoms with Crippen molar-refractivity contribution in [1.29, 1.82) is 0 Å². The van der Waals surface area contributed by atoms with Crippen LogP contribution in [0.25, 0.3) is 0 Å². The minimum Gasteiger partial charge on any atom is -0.481 e. The summed E-state index contributed by atoms with van der Waals surface area (Å²) in [5.74, 6) is 0.132. The molecule has 0 unspecified atom stereocenters. The molecule has 3 heteroatoms. The molecule has 21 heavy (non-hydrogen) atoms. The number of hydrogen-bond acceptors (Lipinski definition) is 2. The van der Waals surface area contributed by atoms with Crippen LogP contribution in [0.2, 0.25) is 0 Å². The standard InChI is InChI=1S/C18H28O3/c1-2-3-7-11-16-15(13-14-17(16)19)10-8-5-4-6-9-12-18(20)21/h3,7,13-16H,2,4-6,8-12H2,1H3,(H,20,21)/b7-3-/t15-,16-/m0/s1. The molecule has 0 bridgehead atoms. The van der Waals surface area contributed by atoms with Gasteiger partial charge < -0.3 is 5.11 Å². The van der Waals surface area contributed by atoms with Crippen molar-refractivity contribution in [3.63, 3.8) is 0 Å². The number of rotatable bonds is 11. The van der Waals surface area contributed by atoms with E-state index in [9.17, 15) is 9.59 Å². The highest BCUT2D eigenvalue weighted by molar-refractivity contribution is 5.94. The first-order valence-electron chi connectivity index (χ1n) is 8.24. The van der Waals surface area contributed by atoms with Crippen LogP contribution in [0, 0.1) is 11.8 Å². The Morgan fingerprint density at radius 1 is 1.19 bits per heavy atom. The van der Waals surface area contributed by atoms with Crippen molar-refractivity contribution >= 4 is 11.8 Å². The quantitative estimate of drug-likeness (QED) is 0.449. The van der Waals surface area contributed by atoms with Crippen LogP contribution in [0.5, 0.6) is 0 Å². The van der Waals surface area contributed by atoms with E-state index < -0.39 is 5.97 Å². The number of carboxylic acid groups (broad SMARTS) is 1. The van der Waals surface area contributed by atoms with Gasteiger partial charge in [-0.3, -0.25) is 9.59 Å². The molecule has 1 aliphatic rings. The Hall–Kier alpha value is -1.38. The van der Waals surface area contributed by atoms with Gasteiger partial charge in [-0.05, 0) is 37.7 Å². The predicted molar refractivity (Wildman–Crippen MR) is 85.1 cm³/mol. The third kappa shape index (κ3) is 7.26. The summed E-state index contributed by atoms with van der Waals surface area (Å²) >= 11 is 0. The van der Waals surface area contributed by atoms with Gasteiger partial charge in [0.25, 0.3) is 0 Å². The highest BCUT2D eigenvalue weighted by atomic mass is 16.4. The van der Waals surface area contributed by atoms with E-state index in [0.29, 0.717) is 5.92 Å². The second-order valence-electron chi connectivity index (χ2n) is 5.85. The lowest BCUT2D eigenvalue weighted by Gasteiger charge is -2.16. The van der Waals surface area contributed by atoms with Gasteiger partial charge in [0.05, 0.1) is 0 Å². The molecule has 1 N–H and O–H groups in total. The molecule has 0 saturated heterocycles. The van der Waals surface area contributed by atoms with Crippen molar-refractivity contribution in [2.24, 2.45) is 11.8 Å². The highest BCUT2D eigenvalue weighted by Crippen LogP contribution is 2.30. The number of hydrogen-bond donors (Lipinski definition) is 1. The molecule has 0 spiro atoms. The summed E-state index contributed by atoms with van der Waals surface area (Å²) < 4.78 is 0. The Morgan fingerprint density at radius 2 is 1.90 bits per heavy atom. The van der Waals surface area contributed by atoms with Crippen LogP contribution in [0.3, 0.4) is 0 Å². The van der Waals surface area contributed by atoms with Gasteiger partial charge in [-0.1, -0.05) is 50.8 Å². The van der Waals surface area contributed by atoms with Gasteiger partial charge in [-0.15, -0.1) is 0 Å². The summed E-state index contributed by atoms with van der Waals surface area (Å²) in [4.78, 5) is 22.2. The zero-order chi connectivity index (χ0) is 15.5. The number of unbranched alkanes of at least 4 members (excludes halogenated alkanes) is 4. The maximum atomic E-state index is 11.8. The fourth-order valence-electron chi connectivity index (χ4n) is 2.87. The van der Waals surface area contributed by atoms with E-state index in [0.717, 1.165) is 51.4 Å². The van der Waals surface area contributed by atoms with Gasteiger partial charge in [0.1, 0.15) is 0 Å². The Bertz CT molecular complexity index is 382. The summed E-state index contributed by atoms with van der Waals surface area (Å²) in [6, 6.07) is 0. The van der Waals surface area contributed by atoms with Crippen molar-refractivity contribution in [1.82, 2.24) is 0 Å². The topological polar surface area (TPSA) is 54.4 Å². The summed E-state index contributed by atoms with van der Waals surface area (Å²) in [6.45, 7) is 2.10. The van der Waals surface area contributed by atoms with E-state index in [1.165, 1.54) is 0 Å². The normalized spacial score (nSPS) is 21.5. The first-order valence-corrected chi connectivity index (χ1v) is 8.24. The molecule has 0 radical (unpaired) electrons. The van der Waals surface area contributed by atoms with Crippen molar-refractivity contribution < 1.29 is 14.7 Å². The van der Waals surface area contributed by atoms with Crippen molar-refractivity contribution in [3.8, 4) is 0 Å². The van der Waals surface area contributed by atoms with E-state index in [1.54, 1.807) is 6.08 Å². The summed E-state index contributed by atoms with van der Waals surface area (Å²) in [5, 5.41) is 8.56. The number of carboxylic acids is 1. The van der Waals surface area contributed by atoms with Crippen molar-refractivity contribution in [2.45, 2.75) is 64.7 Å². The monoisotopic (exact) mass is 292 g/mol. The molecule has 118 valence electrons. The predicted octanol–water partition coefficient (Wildman–Crippen LogP) is 4.53. The van der Waals surface area contributed by atoms with Gasteiger partial charge in [0.2, 0.25) is 0 Å².